The monoisotopic (exact) mass is 325 g/mol. The SMILES string of the molecule is COCCc1nnc(NC(=O)CCSc2ccc(F)cc2)o1. The highest BCUT2D eigenvalue weighted by Gasteiger charge is 2.09. The third-order valence-electron chi connectivity index (χ3n) is 2.64. The van der Waals surface area contributed by atoms with E-state index >= 15 is 0 Å². The normalized spacial score (nSPS) is 10.6. The van der Waals surface area contributed by atoms with Crippen LogP contribution in [-0.2, 0) is 16.0 Å². The number of halogens is 1. The Morgan fingerprint density at radius 2 is 2.14 bits per heavy atom. The first-order valence-corrected chi connectivity index (χ1v) is 7.65. The summed E-state index contributed by atoms with van der Waals surface area (Å²) in [5.41, 5.74) is 0. The largest absolute Gasteiger partial charge is 0.408 e. The third kappa shape index (κ3) is 5.45. The maximum absolute atomic E-state index is 12.8. The molecule has 22 heavy (non-hydrogen) atoms. The molecule has 0 saturated carbocycles. The molecule has 0 aliphatic heterocycles. The van der Waals surface area contributed by atoms with Gasteiger partial charge in [-0.3, -0.25) is 10.1 Å². The molecule has 1 aromatic carbocycles. The zero-order valence-corrected chi connectivity index (χ0v) is 12.9. The van der Waals surface area contributed by atoms with Gasteiger partial charge in [-0.2, -0.15) is 0 Å². The Labute approximate surface area is 131 Å². The average molecular weight is 325 g/mol. The summed E-state index contributed by atoms with van der Waals surface area (Å²) in [5, 5.41) is 10.1. The van der Waals surface area contributed by atoms with Crippen LogP contribution in [0.3, 0.4) is 0 Å². The highest BCUT2D eigenvalue weighted by Crippen LogP contribution is 2.19. The molecule has 1 N–H and O–H groups in total. The molecule has 0 radical (unpaired) electrons. The lowest BCUT2D eigenvalue weighted by Gasteiger charge is -2.01. The van der Waals surface area contributed by atoms with Crippen LogP contribution in [0.1, 0.15) is 12.3 Å². The van der Waals surface area contributed by atoms with Crippen molar-refractivity contribution in [2.24, 2.45) is 0 Å². The van der Waals surface area contributed by atoms with Crippen LogP contribution in [0.15, 0.2) is 33.6 Å². The number of rotatable bonds is 8. The van der Waals surface area contributed by atoms with E-state index in [2.05, 4.69) is 15.5 Å². The molecule has 0 atom stereocenters. The van der Waals surface area contributed by atoms with Crippen LogP contribution in [0, 0.1) is 5.82 Å². The number of thioether (sulfide) groups is 1. The lowest BCUT2D eigenvalue weighted by atomic mass is 10.4. The van der Waals surface area contributed by atoms with Crippen molar-refractivity contribution >= 4 is 23.7 Å². The molecule has 118 valence electrons. The Morgan fingerprint density at radius 1 is 1.36 bits per heavy atom. The molecule has 0 fully saturated rings. The molecular weight excluding hydrogens is 309 g/mol. The molecular formula is C14H16FN3O3S. The number of aromatic nitrogens is 2. The number of hydrogen-bond donors (Lipinski definition) is 1. The average Bonchev–Trinajstić information content (AvgIpc) is 2.94. The number of carbonyl (C=O) groups is 1. The van der Waals surface area contributed by atoms with Crippen molar-refractivity contribution in [3.63, 3.8) is 0 Å². The van der Waals surface area contributed by atoms with Crippen molar-refractivity contribution < 1.29 is 18.3 Å². The van der Waals surface area contributed by atoms with Gasteiger partial charge in [0.05, 0.1) is 6.61 Å². The number of nitrogens with one attached hydrogen (secondary N) is 1. The zero-order valence-electron chi connectivity index (χ0n) is 12.0. The molecule has 1 heterocycles. The summed E-state index contributed by atoms with van der Waals surface area (Å²) < 4.78 is 22.9. The van der Waals surface area contributed by atoms with Crippen molar-refractivity contribution in [2.45, 2.75) is 17.7 Å². The third-order valence-corrected chi connectivity index (χ3v) is 3.66. The Balaban J connectivity index is 1.71. The van der Waals surface area contributed by atoms with Crippen LogP contribution in [-0.4, -0.2) is 35.6 Å². The lowest BCUT2D eigenvalue weighted by Crippen LogP contribution is -2.12. The number of amides is 1. The smallest absolute Gasteiger partial charge is 0.322 e. The van der Waals surface area contributed by atoms with E-state index < -0.39 is 0 Å². The molecule has 1 amide bonds. The van der Waals surface area contributed by atoms with Gasteiger partial charge in [-0.1, -0.05) is 5.10 Å². The summed E-state index contributed by atoms with van der Waals surface area (Å²) in [6.45, 7) is 0.476. The maximum atomic E-state index is 12.8. The molecule has 0 unspecified atom stereocenters. The summed E-state index contributed by atoms with van der Waals surface area (Å²) in [4.78, 5) is 12.7. The van der Waals surface area contributed by atoms with Gasteiger partial charge >= 0.3 is 6.01 Å². The van der Waals surface area contributed by atoms with Crippen LogP contribution >= 0.6 is 11.8 Å². The van der Waals surface area contributed by atoms with E-state index in [1.165, 1.54) is 23.9 Å². The minimum Gasteiger partial charge on any atom is -0.408 e. The topological polar surface area (TPSA) is 77.3 Å². The van der Waals surface area contributed by atoms with Crippen LogP contribution < -0.4 is 5.32 Å². The molecule has 0 spiro atoms. The van der Waals surface area contributed by atoms with Gasteiger partial charge in [-0.05, 0) is 24.3 Å². The quantitative estimate of drug-likeness (QED) is 0.752. The molecule has 8 heteroatoms. The first-order chi connectivity index (χ1) is 10.7. The van der Waals surface area contributed by atoms with E-state index in [1.54, 1.807) is 19.2 Å². The first-order valence-electron chi connectivity index (χ1n) is 6.67. The summed E-state index contributed by atoms with van der Waals surface area (Å²) in [5.74, 6) is 0.499. The van der Waals surface area contributed by atoms with Crippen LogP contribution in [0.25, 0.3) is 0 Å². The fourth-order valence-electron chi connectivity index (χ4n) is 1.57. The minimum atomic E-state index is -0.275. The van der Waals surface area contributed by atoms with E-state index in [4.69, 9.17) is 9.15 Å². The van der Waals surface area contributed by atoms with Crippen molar-refractivity contribution in [1.29, 1.82) is 0 Å². The maximum Gasteiger partial charge on any atom is 0.322 e. The summed E-state index contributed by atoms with van der Waals surface area (Å²) in [6.07, 6.45) is 0.789. The Morgan fingerprint density at radius 3 is 2.86 bits per heavy atom. The molecule has 2 aromatic rings. The first kappa shape index (κ1) is 16.4. The fraction of sp³-hybridized carbons (Fsp3) is 0.357. The molecule has 1 aromatic heterocycles. The van der Waals surface area contributed by atoms with Crippen LogP contribution in [0.4, 0.5) is 10.4 Å². The molecule has 6 nitrogen and oxygen atoms in total. The van der Waals surface area contributed by atoms with Crippen molar-refractivity contribution in [2.75, 3.05) is 24.8 Å². The fourth-order valence-corrected chi connectivity index (χ4v) is 2.42. The Kier molecular flexibility index (Phi) is 6.35. The predicted octanol–water partition coefficient (Wildman–Crippen LogP) is 2.52. The van der Waals surface area contributed by atoms with Gasteiger partial charge in [0.25, 0.3) is 0 Å². The Hall–Kier alpha value is -1.93. The van der Waals surface area contributed by atoms with E-state index in [-0.39, 0.29) is 24.2 Å². The molecule has 0 saturated heterocycles. The van der Waals surface area contributed by atoms with E-state index in [0.29, 0.717) is 24.7 Å². The van der Waals surface area contributed by atoms with Gasteiger partial charge in [0.1, 0.15) is 5.82 Å². The summed E-state index contributed by atoms with van der Waals surface area (Å²) in [7, 11) is 1.58. The van der Waals surface area contributed by atoms with Crippen molar-refractivity contribution in [3.05, 3.63) is 36.0 Å². The van der Waals surface area contributed by atoms with Gasteiger partial charge < -0.3 is 9.15 Å². The molecule has 0 bridgehead atoms. The van der Waals surface area contributed by atoms with Crippen LogP contribution in [0.2, 0.25) is 0 Å². The van der Waals surface area contributed by atoms with Crippen molar-refractivity contribution in [1.82, 2.24) is 10.2 Å². The number of hydrogen-bond acceptors (Lipinski definition) is 6. The number of ether oxygens (including phenoxy) is 1. The number of benzene rings is 1. The molecule has 0 aliphatic rings. The van der Waals surface area contributed by atoms with Gasteiger partial charge in [0.2, 0.25) is 11.8 Å². The molecule has 2 rings (SSSR count). The second kappa shape index (κ2) is 8.50. The van der Waals surface area contributed by atoms with Gasteiger partial charge in [-0.15, -0.1) is 16.9 Å². The van der Waals surface area contributed by atoms with Gasteiger partial charge in [0.15, 0.2) is 0 Å². The van der Waals surface area contributed by atoms with Crippen molar-refractivity contribution in [3.8, 4) is 0 Å². The second-order valence-electron chi connectivity index (χ2n) is 4.34. The standard InChI is InChI=1S/C14H16FN3O3S/c1-20-8-6-13-17-18-14(21-13)16-12(19)7-9-22-11-4-2-10(15)3-5-11/h2-5H,6-9H2,1H3,(H,16,18,19). The zero-order chi connectivity index (χ0) is 15.8. The highest BCUT2D eigenvalue weighted by atomic mass is 32.2. The predicted molar refractivity (Wildman–Crippen MR) is 80.2 cm³/mol. The second-order valence-corrected chi connectivity index (χ2v) is 5.51. The number of nitrogens with zero attached hydrogens (tertiary/aromatic N) is 2. The van der Waals surface area contributed by atoms with Gasteiger partial charge in [0, 0.05) is 30.6 Å². The van der Waals surface area contributed by atoms with E-state index in [0.717, 1.165) is 4.90 Å². The summed E-state index contributed by atoms with van der Waals surface area (Å²) in [6, 6.07) is 6.23. The lowest BCUT2D eigenvalue weighted by molar-refractivity contribution is -0.115. The van der Waals surface area contributed by atoms with E-state index in [9.17, 15) is 9.18 Å². The Bertz CT molecular complexity index is 604. The summed E-state index contributed by atoms with van der Waals surface area (Å²) >= 11 is 1.47. The molecule has 0 aliphatic carbocycles. The number of anilines is 1. The van der Waals surface area contributed by atoms with E-state index in [1.807, 2.05) is 0 Å². The number of methoxy groups -OCH3 is 1. The van der Waals surface area contributed by atoms with Gasteiger partial charge in [-0.25, -0.2) is 4.39 Å². The number of carbonyl (C=O) groups excluding carboxylic acids is 1. The van der Waals surface area contributed by atoms with Crippen LogP contribution in [0.5, 0.6) is 0 Å². The minimum absolute atomic E-state index is 0.0860. The highest BCUT2D eigenvalue weighted by molar-refractivity contribution is 7.99.